The molecule has 0 aliphatic rings. The summed E-state index contributed by atoms with van der Waals surface area (Å²) in [6.45, 7) is 7.72. The summed E-state index contributed by atoms with van der Waals surface area (Å²) in [6.07, 6.45) is 5.51. The van der Waals surface area contributed by atoms with Crippen molar-refractivity contribution in [1.29, 1.82) is 0 Å². The highest BCUT2D eigenvalue weighted by Gasteiger charge is 2.14. The van der Waals surface area contributed by atoms with Gasteiger partial charge in [0, 0.05) is 85.3 Å². The third kappa shape index (κ3) is 9.36. The van der Waals surface area contributed by atoms with Gasteiger partial charge in [-0.15, -0.1) is 23.2 Å². The number of aromatic nitrogens is 3. The highest BCUT2D eigenvalue weighted by molar-refractivity contribution is 6.31. The number of anilines is 2. The second-order valence-corrected chi connectivity index (χ2v) is 12.2. The molecule has 0 amide bonds. The number of rotatable bonds is 18. The van der Waals surface area contributed by atoms with Crippen LogP contribution in [0.25, 0.3) is 21.9 Å². The van der Waals surface area contributed by atoms with Crippen molar-refractivity contribution in [3.8, 4) is 0 Å². The first-order valence-electron chi connectivity index (χ1n) is 15.3. The number of pyridine rings is 1. The van der Waals surface area contributed by atoms with Crippen LogP contribution in [0.15, 0.2) is 48.7 Å². The van der Waals surface area contributed by atoms with Gasteiger partial charge in [0.05, 0.1) is 16.6 Å². The normalized spacial score (nSPS) is 12.2. The number of ether oxygens (including phenoxy) is 1. The van der Waals surface area contributed by atoms with Gasteiger partial charge in [-0.1, -0.05) is 18.5 Å². The summed E-state index contributed by atoms with van der Waals surface area (Å²) in [4.78, 5) is 26.1. The van der Waals surface area contributed by atoms with E-state index in [9.17, 15) is 4.79 Å². The molecule has 0 aliphatic carbocycles. The van der Waals surface area contributed by atoms with Gasteiger partial charge in [0.15, 0.2) is 0 Å². The lowest BCUT2D eigenvalue weighted by Crippen LogP contribution is -2.29. The van der Waals surface area contributed by atoms with Crippen LogP contribution >= 0.6 is 34.8 Å². The van der Waals surface area contributed by atoms with Gasteiger partial charge in [-0.2, -0.15) is 0 Å². The molecular formula is C33H43Cl3N6O2. The molecule has 11 heteroatoms. The summed E-state index contributed by atoms with van der Waals surface area (Å²) in [5.41, 5.74) is 4.99. The lowest BCUT2D eigenvalue weighted by atomic mass is 10.1. The summed E-state index contributed by atoms with van der Waals surface area (Å²) in [5, 5.41) is 5.35. The van der Waals surface area contributed by atoms with E-state index in [-0.39, 0.29) is 12.0 Å². The van der Waals surface area contributed by atoms with Gasteiger partial charge >= 0.3 is 5.97 Å². The van der Waals surface area contributed by atoms with E-state index in [1.165, 1.54) is 0 Å². The van der Waals surface area contributed by atoms with E-state index in [1.807, 2.05) is 31.3 Å². The Morgan fingerprint density at radius 3 is 2.59 bits per heavy atom. The molecule has 1 N–H and O–H groups in total. The molecule has 4 aromatic rings. The Morgan fingerprint density at radius 1 is 1.05 bits per heavy atom. The molecule has 4 rings (SSSR count). The van der Waals surface area contributed by atoms with Crippen LogP contribution in [0, 0.1) is 0 Å². The zero-order valence-corrected chi connectivity index (χ0v) is 28.1. The molecule has 0 saturated heterocycles. The van der Waals surface area contributed by atoms with Crippen molar-refractivity contribution in [3.05, 3.63) is 59.5 Å². The van der Waals surface area contributed by atoms with Crippen molar-refractivity contribution in [1.82, 2.24) is 19.4 Å². The largest absolute Gasteiger partial charge is 0.449 e. The number of carbonyl (C=O) groups excluding carboxylic acids is 1. The number of hydrogen-bond acceptors (Lipinski definition) is 7. The molecule has 238 valence electrons. The Bertz CT molecular complexity index is 1510. The van der Waals surface area contributed by atoms with Gasteiger partial charge in [-0.25, -0.2) is 4.98 Å². The second-order valence-electron chi connectivity index (χ2n) is 11.0. The van der Waals surface area contributed by atoms with Crippen molar-refractivity contribution in [3.63, 3.8) is 0 Å². The van der Waals surface area contributed by atoms with Crippen molar-refractivity contribution in [2.24, 2.45) is 7.05 Å². The molecule has 1 unspecified atom stereocenters. The maximum absolute atomic E-state index is 12.5. The first-order valence-corrected chi connectivity index (χ1v) is 16.8. The number of alkyl halides is 2. The fourth-order valence-corrected chi connectivity index (χ4v) is 5.95. The van der Waals surface area contributed by atoms with E-state index < -0.39 is 0 Å². The first kappa shape index (κ1) is 34.1. The monoisotopic (exact) mass is 660 g/mol. The average Bonchev–Trinajstić information content (AvgIpc) is 3.32. The van der Waals surface area contributed by atoms with Crippen LogP contribution in [0.1, 0.15) is 45.4 Å². The van der Waals surface area contributed by atoms with Crippen LogP contribution in [0.5, 0.6) is 0 Å². The van der Waals surface area contributed by atoms with Gasteiger partial charge in [-0.05, 0) is 75.2 Å². The van der Waals surface area contributed by atoms with E-state index in [0.29, 0.717) is 42.8 Å². The molecular weight excluding hydrogens is 619 g/mol. The average molecular weight is 662 g/mol. The third-order valence-corrected chi connectivity index (χ3v) is 8.46. The smallest absolute Gasteiger partial charge is 0.307 e. The standard InChI is InChI=1S/C33H43Cl3N6O2/c1-4-41(18-6-7-24(2)38-28-14-17-37-29-21-25(36)10-12-27(28)29)23-44-33(43)9-5-8-32-39-30-22-26(11-13-31(30)40(32)3)42(19-15-34)20-16-35/h10-14,17,21-22,24H,4-9,15-16,18-20,23H2,1-3H3,(H,37,38). The van der Waals surface area contributed by atoms with E-state index in [4.69, 9.17) is 44.5 Å². The number of aryl methyl sites for hydroxylation is 2. The molecule has 2 aromatic carbocycles. The Labute approximate surface area is 275 Å². The number of nitrogens with zero attached hydrogens (tertiary/aromatic N) is 5. The maximum Gasteiger partial charge on any atom is 0.307 e. The fraction of sp³-hybridized carbons (Fsp3) is 0.485. The highest BCUT2D eigenvalue weighted by Crippen LogP contribution is 2.26. The molecule has 8 nitrogen and oxygen atoms in total. The Hall–Kier alpha value is -2.78. The molecule has 0 saturated carbocycles. The Morgan fingerprint density at radius 2 is 1.84 bits per heavy atom. The number of benzene rings is 2. The molecule has 2 heterocycles. The zero-order valence-electron chi connectivity index (χ0n) is 25.9. The van der Waals surface area contributed by atoms with Crippen molar-refractivity contribution >= 4 is 74.1 Å². The number of fused-ring (bicyclic) bond motifs is 2. The van der Waals surface area contributed by atoms with Crippen LogP contribution < -0.4 is 10.2 Å². The van der Waals surface area contributed by atoms with Crippen LogP contribution in [-0.2, 0) is 23.0 Å². The summed E-state index contributed by atoms with van der Waals surface area (Å²) >= 11 is 18.1. The quantitative estimate of drug-likeness (QED) is 0.0673. The number of esters is 1. The van der Waals surface area contributed by atoms with Gasteiger partial charge in [-0.3, -0.25) is 14.7 Å². The molecule has 44 heavy (non-hydrogen) atoms. The number of halogens is 3. The Balaban J connectivity index is 1.18. The van der Waals surface area contributed by atoms with Gasteiger partial charge in [0.25, 0.3) is 0 Å². The fourth-order valence-electron chi connectivity index (χ4n) is 5.38. The number of imidazole rings is 1. The molecule has 0 spiro atoms. The summed E-state index contributed by atoms with van der Waals surface area (Å²) < 4.78 is 7.72. The summed E-state index contributed by atoms with van der Waals surface area (Å²) in [7, 11) is 2.02. The highest BCUT2D eigenvalue weighted by atomic mass is 35.5. The molecule has 0 bridgehead atoms. The third-order valence-electron chi connectivity index (χ3n) is 7.89. The summed E-state index contributed by atoms with van der Waals surface area (Å²) in [6, 6.07) is 14.3. The van der Waals surface area contributed by atoms with Crippen LogP contribution in [0.3, 0.4) is 0 Å². The lowest BCUT2D eigenvalue weighted by molar-refractivity contribution is -0.148. The maximum atomic E-state index is 12.5. The van der Waals surface area contributed by atoms with Crippen molar-refractivity contribution < 1.29 is 9.53 Å². The zero-order chi connectivity index (χ0) is 31.5. The second kappa shape index (κ2) is 17.1. The van der Waals surface area contributed by atoms with Crippen molar-refractivity contribution in [2.45, 2.75) is 52.0 Å². The number of nitrogens with one attached hydrogen (secondary N) is 1. The summed E-state index contributed by atoms with van der Waals surface area (Å²) in [5.74, 6) is 1.84. The van der Waals surface area contributed by atoms with E-state index in [0.717, 1.165) is 78.2 Å². The minimum Gasteiger partial charge on any atom is -0.449 e. The van der Waals surface area contributed by atoms with Crippen LogP contribution in [0.2, 0.25) is 5.02 Å². The lowest BCUT2D eigenvalue weighted by Gasteiger charge is -2.22. The van der Waals surface area contributed by atoms with E-state index in [1.54, 1.807) is 6.20 Å². The topological polar surface area (TPSA) is 75.5 Å². The molecule has 2 aromatic heterocycles. The van der Waals surface area contributed by atoms with Crippen LogP contribution in [0.4, 0.5) is 11.4 Å². The van der Waals surface area contributed by atoms with Gasteiger partial charge in [0.2, 0.25) is 0 Å². The number of hydrogen-bond donors (Lipinski definition) is 1. The van der Waals surface area contributed by atoms with E-state index in [2.05, 4.69) is 56.7 Å². The van der Waals surface area contributed by atoms with Gasteiger partial charge in [0.1, 0.15) is 12.6 Å². The molecule has 0 aliphatic heterocycles. The SMILES string of the molecule is CCN(CCCC(C)Nc1ccnc2cc(Cl)ccc12)COC(=O)CCCc1nc2cc(N(CCCl)CCCl)ccc2n1C. The Kier molecular flexibility index (Phi) is 13.2. The first-order chi connectivity index (χ1) is 21.3. The molecule has 0 fully saturated rings. The molecule has 0 radical (unpaired) electrons. The molecule has 1 atom stereocenters. The van der Waals surface area contributed by atoms with E-state index >= 15 is 0 Å². The predicted molar refractivity (Wildman–Crippen MR) is 185 cm³/mol. The van der Waals surface area contributed by atoms with Crippen LogP contribution in [-0.4, -0.2) is 76.1 Å². The number of carbonyl (C=O) groups is 1. The minimum absolute atomic E-state index is 0.179. The van der Waals surface area contributed by atoms with Crippen molar-refractivity contribution in [2.75, 3.05) is 54.9 Å². The minimum atomic E-state index is -0.179. The predicted octanol–water partition coefficient (Wildman–Crippen LogP) is 7.49. The van der Waals surface area contributed by atoms with Gasteiger partial charge < -0.3 is 19.5 Å².